The molecule has 1 aromatic carbocycles. The number of benzene rings is 1. The van der Waals surface area contributed by atoms with E-state index in [0.29, 0.717) is 16.3 Å². The van der Waals surface area contributed by atoms with Crippen molar-refractivity contribution in [1.82, 2.24) is 9.88 Å². The minimum Gasteiger partial charge on any atom is -0.497 e. The van der Waals surface area contributed by atoms with E-state index in [1.54, 1.807) is 24.1 Å². The molecule has 1 fully saturated rings. The highest BCUT2D eigenvalue weighted by atomic mass is 79.9. The summed E-state index contributed by atoms with van der Waals surface area (Å²) in [5.41, 5.74) is 0.839. The number of morpholine rings is 1. The molecule has 0 radical (unpaired) electrons. The van der Waals surface area contributed by atoms with E-state index in [0.717, 1.165) is 48.8 Å². The van der Waals surface area contributed by atoms with Crippen molar-refractivity contribution < 1.29 is 18.7 Å². The van der Waals surface area contributed by atoms with Gasteiger partial charge in [-0.25, -0.2) is 4.98 Å². The van der Waals surface area contributed by atoms with Crippen LogP contribution in [0.4, 0.5) is 5.13 Å². The van der Waals surface area contributed by atoms with Crippen LogP contribution in [0.1, 0.15) is 10.6 Å². The van der Waals surface area contributed by atoms with E-state index < -0.39 is 0 Å². The number of anilines is 1. The van der Waals surface area contributed by atoms with Crippen LogP contribution < -0.4 is 9.64 Å². The molecule has 0 saturated carbocycles. The molecule has 0 aliphatic carbocycles. The minimum atomic E-state index is -0.204. The van der Waals surface area contributed by atoms with Crippen molar-refractivity contribution in [1.29, 1.82) is 0 Å². The van der Waals surface area contributed by atoms with E-state index in [-0.39, 0.29) is 11.7 Å². The highest BCUT2D eigenvalue weighted by Crippen LogP contribution is 2.32. The molecular formula is C19H20BrN3O4S. The maximum Gasteiger partial charge on any atom is 0.295 e. The topological polar surface area (TPSA) is 68.0 Å². The number of methoxy groups -OCH3 is 1. The summed E-state index contributed by atoms with van der Waals surface area (Å²) in [5.74, 6) is 0.847. The molecule has 148 valence electrons. The fourth-order valence-electron chi connectivity index (χ4n) is 3.05. The molecule has 3 heterocycles. The van der Waals surface area contributed by atoms with Crippen LogP contribution in [0.5, 0.6) is 5.75 Å². The Kier molecular flexibility index (Phi) is 5.96. The maximum absolute atomic E-state index is 13.1. The van der Waals surface area contributed by atoms with Crippen LogP contribution in [0.15, 0.2) is 39.4 Å². The third-order valence-electron chi connectivity index (χ3n) is 4.59. The van der Waals surface area contributed by atoms with E-state index >= 15 is 0 Å². The zero-order valence-corrected chi connectivity index (χ0v) is 17.8. The fourth-order valence-corrected chi connectivity index (χ4v) is 4.37. The van der Waals surface area contributed by atoms with E-state index in [9.17, 15) is 4.79 Å². The number of hydrogen-bond acceptors (Lipinski definition) is 7. The van der Waals surface area contributed by atoms with Crippen molar-refractivity contribution >= 4 is 48.5 Å². The monoisotopic (exact) mass is 465 g/mol. The molecule has 1 saturated heterocycles. The predicted molar refractivity (Wildman–Crippen MR) is 112 cm³/mol. The van der Waals surface area contributed by atoms with Crippen molar-refractivity contribution in [2.24, 2.45) is 0 Å². The molecule has 0 N–H and O–H groups in total. The van der Waals surface area contributed by atoms with Crippen LogP contribution in [0, 0.1) is 0 Å². The van der Waals surface area contributed by atoms with Gasteiger partial charge < -0.3 is 13.9 Å². The number of amides is 1. The Morgan fingerprint density at radius 2 is 2.14 bits per heavy atom. The van der Waals surface area contributed by atoms with Gasteiger partial charge in [0.15, 0.2) is 15.6 Å². The normalized spacial score (nSPS) is 15.1. The molecule has 0 atom stereocenters. The van der Waals surface area contributed by atoms with Crippen LogP contribution in [-0.4, -0.2) is 62.3 Å². The summed E-state index contributed by atoms with van der Waals surface area (Å²) in [6.45, 7) is 4.45. The van der Waals surface area contributed by atoms with Crippen molar-refractivity contribution in [3.05, 3.63) is 40.8 Å². The first-order valence-electron chi connectivity index (χ1n) is 8.96. The van der Waals surface area contributed by atoms with Crippen LogP contribution in [0.2, 0.25) is 0 Å². The van der Waals surface area contributed by atoms with E-state index in [2.05, 4.69) is 25.8 Å². The molecule has 4 rings (SSSR count). The molecule has 9 heteroatoms. The summed E-state index contributed by atoms with van der Waals surface area (Å²) in [6, 6.07) is 9.10. The number of hydrogen-bond donors (Lipinski definition) is 0. The summed E-state index contributed by atoms with van der Waals surface area (Å²) >= 11 is 4.73. The molecular weight excluding hydrogens is 446 g/mol. The highest BCUT2D eigenvalue weighted by Gasteiger charge is 2.25. The van der Waals surface area contributed by atoms with Gasteiger partial charge in [-0.15, -0.1) is 0 Å². The van der Waals surface area contributed by atoms with Gasteiger partial charge in [-0.2, -0.15) is 0 Å². The van der Waals surface area contributed by atoms with Gasteiger partial charge in [-0.05, 0) is 46.3 Å². The zero-order chi connectivity index (χ0) is 19.5. The van der Waals surface area contributed by atoms with E-state index in [1.165, 1.54) is 11.3 Å². The van der Waals surface area contributed by atoms with Gasteiger partial charge in [-0.1, -0.05) is 11.3 Å². The Labute approximate surface area is 175 Å². The summed E-state index contributed by atoms with van der Waals surface area (Å²) < 4.78 is 17.7. The number of thiazole rings is 1. The lowest BCUT2D eigenvalue weighted by Gasteiger charge is -2.28. The number of furan rings is 1. The number of carbonyl (C=O) groups excluding carboxylic acids is 1. The molecule has 1 aliphatic rings. The van der Waals surface area contributed by atoms with Gasteiger partial charge in [0.25, 0.3) is 5.91 Å². The van der Waals surface area contributed by atoms with Crippen molar-refractivity contribution in [3.63, 3.8) is 0 Å². The minimum absolute atomic E-state index is 0.204. The van der Waals surface area contributed by atoms with Gasteiger partial charge in [0, 0.05) is 26.2 Å². The summed E-state index contributed by atoms with van der Waals surface area (Å²) in [7, 11) is 1.63. The molecule has 7 nitrogen and oxygen atoms in total. The average Bonchev–Trinajstić information content (AvgIpc) is 3.34. The first-order valence-corrected chi connectivity index (χ1v) is 10.6. The van der Waals surface area contributed by atoms with Gasteiger partial charge in [0.05, 0.1) is 30.5 Å². The van der Waals surface area contributed by atoms with Gasteiger partial charge in [-0.3, -0.25) is 14.6 Å². The Morgan fingerprint density at radius 1 is 1.32 bits per heavy atom. The lowest BCUT2D eigenvalue weighted by Crippen LogP contribution is -2.43. The molecule has 28 heavy (non-hydrogen) atoms. The smallest absolute Gasteiger partial charge is 0.295 e. The molecule has 1 amide bonds. The number of nitrogens with zero attached hydrogens (tertiary/aromatic N) is 3. The summed E-state index contributed by atoms with van der Waals surface area (Å²) in [4.78, 5) is 21.8. The molecule has 0 unspecified atom stereocenters. The molecule has 1 aliphatic heterocycles. The van der Waals surface area contributed by atoms with Crippen molar-refractivity contribution in [2.75, 3.05) is 51.4 Å². The Bertz CT molecular complexity index is 967. The second kappa shape index (κ2) is 8.60. The number of aromatic nitrogens is 1. The first kappa shape index (κ1) is 19.4. The Balaban J connectivity index is 1.62. The molecule has 3 aromatic rings. The largest absolute Gasteiger partial charge is 0.497 e. The third kappa shape index (κ3) is 4.22. The van der Waals surface area contributed by atoms with Crippen LogP contribution in [0.25, 0.3) is 10.2 Å². The second-order valence-electron chi connectivity index (χ2n) is 6.34. The number of fused-ring (bicyclic) bond motifs is 1. The average molecular weight is 466 g/mol. The Morgan fingerprint density at radius 3 is 2.86 bits per heavy atom. The first-order chi connectivity index (χ1) is 13.6. The number of carbonyl (C=O) groups is 1. The van der Waals surface area contributed by atoms with Crippen molar-refractivity contribution in [3.8, 4) is 5.75 Å². The number of halogens is 1. The lowest BCUT2D eigenvalue weighted by atomic mass is 10.3. The number of rotatable bonds is 6. The zero-order valence-electron chi connectivity index (χ0n) is 15.4. The van der Waals surface area contributed by atoms with Gasteiger partial charge in [0.1, 0.15) is 5.75 Å². The SMILES string of the molecule is COc1ccc2nc(N(CCN3CCOCC3)C(=O)c3ccc(Br)o3)sc2c1. The van der Waals surface area contributed by atoms with Gasteiger partial charge in [0.2, 0.25) is 0 Å². The second-order valence-corrected chi connectivity index (χ2v) is 8.14. The fraction of sp³-hybridized carbons (Fsp3) is 0.368. The third-order valence-corrected chi connectivity index (χ3v) is 6.06. The summed E-state index contributed by atoms with van der Waals surface area (Å²) in [5, 5.41) is 0.647. The highest BCUT2D eigenvalue weighted by molar-refractivity contribution is 9.10. The van der Waals surface area contributed by atoms with Crippen LogP contribution in [0.3, 0.4) is 0 Å². The molecule has 0 bridgehead atoms. The van der Waals surface area contributed by atoms with Crippen LogP contribution >= 0.6 is 27.3 Å². The van der Waals surface area contributed by atoms with Crippen molar-refractivity contribution in [2.45, 2.75) is 0 Å². The quantitative estimate of drug-likeness (QED) is 0.553. The van der Waals surface area contributed by atoms with Gasteiger partial charge >= 0.3 is 0 Å². The maximum atomic E-state index is 13.1. The standard InChI is InChI=1S/C19H20BrN3O4S/c1-25-13-2-3-14-16(12-13)28-19(21-14)23(7-6-22-8-10-26-11-9-22)18(24)15-4-5-17(20)27-15/h2-5,12H,6-11H2,1H3. The molecule has 0 spiro atoms. The number of ether oxygens (including phenoxy) is 2. The van der Waals surface area contributed by atoms with E-state index in [4.69, 9.17) is 13.9 Å². The van der Waals surface area contributed by atoms with E-state index in [1.807, 2.05) is 18.2 Å². The lowest BCUT2D eigenvalue weighted by molar-refractivity contribution is 0.0390. The predicted octanol–water partition coefficient (Wildman–Crippen LogP) is 3.64. The summed E-state index contributed by atoms with van der Waals surface area (Å²) in [6.07, 6.45) is 0. The van der Waals surface area contributed by atoms with Crippen LogP contribution in [-0.2, 0) is 4.74 Å². The molecule has 2 aromatic heterocycles. The Hall–Kier alpha value is -1.94.